The summed E-state index contributed by atoms with van der Waals surface area (Å²) in [5, 5.41) is 0. The van der Waals surface area contributed by atoms with E-state index in [1.165, 1.54) is 34.3 Å². The third-order valence-electron chi connectivity index (χ3n) is 4.11. The van der Waals surface area contributed by atoms with Crippen molar-refractivity contribution in [1.29, 1.82) is 0 Å². The van der Waals surface area contributed by atoms with Gasteiger partial charge in [0.15, 0.2) is 0 Å². The minimum atomic E-state index is -0.0955. The summed E-state index contributed by atoms with van der Waals surface area (Å²) in [6, 6.07) is 4.38. The smallest absolute Gasteiger partial charge is 0.0836 e. The Balaban J connectivity index is 2.08. The molecule has 4 heteroatoms. The Labute approximate surface area is 128 Å². The SMILES string of the molecule is CCOC1(C(N)Cc2ccc(Br)s2)CCCCCC1. The monoisotopic (exact) mass is 345 g/mol. The second kappa shape index (κ2) is 7.21. The maximum Gasteiger partial charge on any atom is 0.0836 e. The number of hydrogen-bond acceptors (Lipinski definition) is 3. The summed E-state index contributed by atoms with van der Waals surface area (Å²) < 4.78 is 7.34. The first-order valence-electron chi connectivity index (χ1n) is 7.30. The van der Waals surface area contributed by atoms with E-state index in [4.69, 9.17) is 10.5 Å². The topological polar surface area (TPSA) is 35.2 Å². The van der Waals surface area contributed by atoms with E-state index in [0.29, 0.717) is 0 Å². The van der Waals surface area contributed by atoms with Gasteiger partial charge in [0.1, 0.15) is 0 Å². The quantitative estimate of drug-likeness (QED) is 0.796. The largest absolute Gasteiger partial charge is 0.374 e. The van der Waals surface area contributed by atoms with E-state index >= 15 is 0 Å². The lowest BCUT2D eigenvalue weighted by Gasteiger charge is -2.38. The predicted molar refractivity (Wildman–Crippen MR) is 85.8 cm³/mol. The van der Waals surface area contributed by atoms with Crippen molar-refractivity contribution >= 4 is 27.3 Å². The highest BCUT2D eigenvalue weighted by molar-refractivity contribution is 9.11. The van der Waals surface area contributed by atoms with Gasteiger partial charge in [-0.25, -0.2) is 0 Å². The number of halogens is 1. The highest BCUT2D eigenvalue weighted by Gasteiger charge is 2.37. The fourth-order valence-corrected chi connectivity index (χ4v) is 4.64. The van der Waals surface area contributed by atoms with Crippen LogP contribution in [-0.4, -0.2) is 18.2 Å². The van der Waals surface area contributed by atoms with Gasteiger partial charge in [-0.1, -0.05) is 25.7 Å². The van der Waals surface area contributed by atoms with Gasteiger partial charge < -0.3 is 10.5 Å². The Morgan fingerprint density at radius 2 is 2.00 bits per heavy atom. The Kier molecular flexibility index (Phi) is 5.87. The summed E-state index contributed by atoms with van der Waals surface area (Å²) in [6.45, 7) is 2.85. The van der Waals surface area contributed by atoms with Gasteiger partial charge in [0.25, 0.3) is 0 Å². The highest BCUT2D eigenvalue weighted by atomic mass is 79.9. The molecule has 108 valence electrons. The van der Waals surface area contributed by atoms with Crippen LogP contribution in [0.25, 0.3) is 0 Å². The molecule has 19 heavy (non-hydrogen) atoms. The summed E-state index contributed by atoms with van der Waals surface area (Å²) in [6.07, 6.45) is 8.32. The van der Waals surface area contributed by atoms with Crippen LogP contribution in [0.5, 0.6) is 0 Å². The lowest BCUT2D eigenvalue weighted by atomic mass is 9.84. The molecule has 2 N–H and O–H groups in total. The van der Waals surface area contributed by atoms with Gasteiger partial charge >= 0.3 is 0 Å². The fourth-order valence-electron chi connectivity index (χ4n) is 3.10. The van der Waals surface area contributed by atoms with Gasteiger partial charge in [0, 0.05) is 17.5 Å². The van der Waals surface area contributed by atoms with Gasteiger partial charge in [-0.3, -0.25) is 0 Å². The van der Waals surface area contributed by atoms with Crippen molar-refractivity contribution in [3.8, 4) is 0 Å². The molecule has 1 unspecified atom stereocenters. The lowest BCUT2D eigenvalue weighted by Crippen LogP contribution is -2.51. The number of ether oxygens (including phenoxy) is 1. The average Bonchev–Trinajstić information content (AvgIpc) is 2.65. The third kappa shape index (κ3) is 4.03. The standard InChI is InChI=1S/C15H24BrNOS/c1-2-18-15(9-5-3-4-6-10-15)13(17)11-12-7-8-14(16)19-12/h7-8,13H,2-6,9-11,17H2,1H3. The van der Waals surface area contributed by atoms with Crippen molar-refractivity contribution in [3.63, 3.8) is 0 Å². The van der Waals surface area contributed by atoms with E-state index in [0.717, 1.165) is 25.9 Å². The number of rotatable bonds is 5. The molecule has 0 bridgehead atoms. The van der Waals surface area contributed by atoms with Crippen LogP contribution in [0.3, 0.4) is 0 Å². The van der Waals surface area contributed by atoms with Crippen LogP contribution in [0.15, 0.2) is 15.9 Å². The third-order valence-corrected chi connectivity index (χ3v) is 5.75. The Bertz CT molecular complexity index is 385. The first-order chi connectivity index (χ1) is 9.16. The van der Waals surface area contributed by atoms with Crippen molar-refractivity contribution in [2.45, 2.75) is 63.5 Å². The number of hydrogen-bond donors (Lipinski definition) is 1. The van der Waals surface area contributed by atoms with E-state index in [1.807, 2.05) is 0 Å². The van der Waals surface area contributed by atoms with Crippen molar-refractivity contribution in [2.24, 2.45) is 5.73 Å². The van der Waals surface area contributed by atoms with Crippen LogP contribution in [-0.2, 0) is 11.2 Å². The van der Waals surface area contributed by atoms with Crippen LogP contribution in [0, 0.1) is 0 Å². The van der Waals surface area contributed by atoms with Crippen molar-refractivity contribution in [1.82, 2.24) is 0 Å². The second-order valence-electron chi connectivity index (χ2n) is 5.43. The molecular formula is C15H24BrNOS. The molecule has 0 aromatic carbocycles. The molecule has 0 amide bonds. The van der Waals surface area contributed by atoms with Gasteiger partial charge in [-0.15, -0.1) is 11.3 Å². The van der Waals surface area contributed by atoms with Crippen LogP contribution < -0.4 is 5.73 Å². The Morgan fingerprint density at radius 1 is 1.32 bits per heavy atom. The van der Waals surface area contributed by atoms with Crippen LogP contribution >= 0.6 is 27.3 Å². The molecule has 0 aliphatic heterocycles. The minimum absolute atomic E-state index is 0.0955. The van der Waals surface area contributed by atoms with E-state index in [-0.39, 0.29) is 11.6 Å². The molecule has 1 aliphatic rings. The molecule has 1 fully saturated rings. The van der Waals surface area contributed by atoms with Crippen LogP contribution in [0.1, 0.15) is 50.3 Å². The van der Waals surface area contributed by atoms with E-state index in [9.17, 15) is 0 Å². The Morgan fingerprint density at radius 3 is 2.53 bits per heavy atom. The predicted octanol–water partition coefficient (Wildman–Crippen LogP) is 4.51. The maximum absolute atomic E-state index is 6.55. The van der Waals surface area contributed by atoms with Gasteiger partial charge in [0.05, 0.1) is 9.39 Å². The fraction of sp³-hybridized carbons (Fsp3) is 0.733. The lowest BCUT2D eigenvalue weighted by molar-refractivity contribution is -0.0681. The summed E-state index contributed by atoms with van der Waals surface area (Å²) in [7, 11) is 0. The van der Waals surface area contributed by atoms with Crippen LogP contribution in [0.4, 0.5) is 0 Å². The summed E-state index contributed by atoms with van der Waals surface area (Å²) in [5.74, 6) is 0. The molecule has 2 nitrogen and oxygen atoms in total. The van der Waals surface area contributed by atoms with Crippen LogP contribution in [0.2, 0.25) is 0 Å². The van der Waals surface area contributed by atoms with E-state index < -0.39 is 0 Å². The van der Waals surface area contributed by atoms with Gasteiger partial charge in [-0.2, -0.15) is 0 Å². The van der Waals surface area contributed by atoms with Gasteiger partial charge in [-0.05, 0) is 54.2 Å². The van der Waals surface area contributed by atoms with E-state index in [1.54, 1.807) is 11.3 Å². The average molecular weight is 346 g/mol. The first-order valence-corrected chi connectivity index (χ1v) is 8.91. The molecule has 1 atom stereocenters. The molecule has 0 spiro atoms. The molecule has 1 saturated carbocycles. The molecule has 0 radical (unpaired) electrons. The zero-order chi connectivity index (χ0) is 13.7. The molecule has 2 rings (SSSR count). The Hall–Kier alpha value is 0.1000. The van der Waals surface area contributed by atoms with Crippen molar-refractivity contribution in [2.75, 3.05) is 6.61 Å². The zero-order valence-electron chi connectivity index (χ0n) is 11.7. The van der Waals surface area contributed by atoms with Gasteiger partial charge in [0.2, 0.25) is 0 Å². The minimum Gasteiger partial charge on any atom is -0.374 e. The number of nitrogens with two attached hydrogens (primary N) is 1. The number of thiophene rings is 1. The van der Waals surface area contributed by atoms with Crippen molar-refractivity contribution < 1.29 is 4.74 Å². The molecule has 1 aliphatic carbocycles. The summed E-state index contributed by atoms with van der Waals surface area (Å²) in [4.78, 5) is 1.35. The zero-order valence-corrected chi connectivity index (χ0v) is 14.1. The summed E-state index contributed by atoms with van der Waals surface area (Å²) >= 11 is 5.30. The summed E-state index contributed by atoms with van der Waals surface area (Å²) in [5.41, 5.74) is 6.45. The first kappa shape index (κ1) is 15.5. The molecule has 1 aromatic heterocycles. The van der Waals surface area contributed by atoms with Crippen molar-refractivity contribution in [3.05, 3.63) is 20.8 Å². The normalized spacial score (nSPS) is 21.0. The molecular weight excluding hydrogens is 322 g/mol. The maximum atomic E-state index is 6.55. The second-order valence-corrected chi connectivity index (χ2v) is 7.98. The van der Waals surface area contributed by atoms with E-state index in [2.05, 4.69) is 35.0 Å². The molecule has 1 heterocycles. The highest BCUT2D eigenvalue weighted by Crippen LogP contribution is 2.35. The molecule has 0 saturated heterocycles. The molecule has 1 aromatic rings.